The van der Waals surface area contributed by atoms with Crippen LogP contribution >= 0.6 is 34.5 Å². The molecule has 2 heterocycles. The first-order valence-electron chi connectivity index (χ1n) is 8.24. The molecule has 0 unspecified atom stereocenters. The fraction of sp³-hybridized carbons (Fsp3) is 0.389. The molecule has 4 rings (SSSR count). The average molecular weight is 381 g/mol. The standard InChI is InChI=1S/C18H18Cl2N2OS/c1-2-9-6-7-10-13(8-9)24-18-14(10)17(23)21-16(22-18)15-11(19)4-3-5-12(15)20/h3-5,9,16,22H,2,6-8H2,1H3,(H,21,23)/t9-,16+/m1/s1. The fourth-order valence-electron chi connectivity index (χ4n) is 3.65. The number of thiophene rings is 1. The van der Waals surface area contributed by atoms with Crippen LogP contribution in [0.15, 0.2) is 18.2 Å². The van der Waals surface area contributed by atoms with Gasteiger partial charge in [0.05, 0.1) is 5.56 Å². The quantitative estimate of drug-likeness (QED) is 0.729. The molecule has 1 aliphatic heterocycles. The lowest BCUT2D eigenvalue weighted by molar-refractivity contribution is 0.0935. The highest BCUT2D eigenvalue weighted by molar-refractivity contribution is 7.16. The lowest BCUT2D eigenvalue weighted by Gasteiger charge is -2.28. The van der Waals surface area contributed by atoms with E-state index in [2.05, 4.69) is 17.6 Å². The summed E-state index contributed by atoms with van der Waals surface area (Å²) in [7, 11) is 0. The van der Waals surface area contributed by atoms with Crippen molar-refractivity contribution >= 4 is 45.4 Å². The van der Waals surface area contributed by atoms with Gasteiger partial charge in [0, 0.05) is 20.5 Å². The van der Waals surface area contributed by atoms with Gasteiger partial charge in [-0.15, -0.1) is 11.3 Å². The van der Waals surface area contributed by atoms with Crippen molar-refractivity contribution in [3.05, 3.63) is 49.8 Å². The molecule has 126 valence electrons. The van der Waals surface area contributed by atoms with Crippen molar-refractivity contribution in [2.45, 2.75) is 38.8 Å². The first-order chi connectivity index (χ1) is 11.6. The molecule has 1 aromatic heterocycles. The molecular formula is C18H18Cl2N2OS. The zero-order chi connectivity index (χ0) is 16.8. The third-order valence-corrected chi connectivity index (χ3v) is 6.86. The normalized spacial score (nSPS) is 22.4. The molecule has 0 spiro atoms. The topological polar surface area (TPSA) is 41.1 Å². The van der Waals surface area contributed by atoms with E-state index >= 15 is 0 Å². The van der Waals surface area contributed by atoms with Gasteiger partial charge in [-0.25, -0.2) is 0 Å². The predicted octanol–water partition coefficient (Wildman–Crippen LogP) is 5.42. The molecule has 1 amide bonds. The Morgan fingerprint density at radius 3 is 2.71 bits per heavy atom. The van der Waals surface area contributed by atoms with Crippen LogP contribution in [0.25, 0.3) is 0 Å². The monoisotopic (exact) mass is 380 g/mol. The molecule has 24 heavy (non-hydrogen) atoms. The molecule has 2 aromatic rings. The number of carbonyl (C=O) groups excluding carboxylic acids is 1. The highest BCUT2D eigenvalue weighted by Gasteiger charge is 2.34. The number of hydrogen-bond acceptors (Lipinski definition) is 3. The lowest BCUT2D eigenvalue weighted by atomic mass is 9.85. The van der Waals surface area contributed by atoms with Gasteiger partial charge in [-0.05, 0) is 42.9 Å². The van der Waals surface area contributed by atoms with Crippen LogP contribution in [-0.2, 0) is 12.8 Å². The zero-order valence-corrected chi connectivity index (χ0v) is 15.6. The maximum atomic E-state index is 12.7. The number of fused-ring (bicyclic) bond motifs is 3. The van der Waals surface area contributed by atoms with Crippen molar-refractivity contribution in [3.63, 3.8) is 0 Å². The fourth-order valence-corrected chi connectivity index (χ4v) is 5.65. The molecule has 0 saturated heterocycles. The number of halogens is 2. The molecular weight excluding hydrogens is 363 g/mol. The van der Waals surface area contributed by atoms with Gasteiger partial charge < -0.3 is 10.6 Å². The number of anilines is 1. The molecule has 2 atom stereocenters. The van der Waals surface area contributed by atoms with Crippen molar-refractivity contribution in [3.8, 4) is 0 Å². The molecule has 6 heteroatoms. The first kappa shape index (κ1) is 16.2. The van der Waals surface area contributed by atoms with Gasteiger partial charge in [-0.2, -0.15) is 0 Å². The van der Waals surface area contributed by atoms with Crippen LogP contribution in [0.5, 0.6) is 0 Å². The van der Waals surface area contributed by atoms with E-state index in [1.807, 2.05) is 0 Å². The van der Waals surface area contributed by atoms with Crippen LogP contribution in [-0.4, -0.2) is 5.91 Å². The zero-order valence-electron chi connectivity index (χ0n) is 13.3. The van der Waals surface area contributed by atoms with Gasteiger partial charge >= 0.3 is 0 Å². The SMILES string of the molecule is CC[C@@H]1CCc2c(sc3c2C(=O)N[C@H](c2c(Cl)cccc2Cl)N3)C1. The van der Waals surface area contributed by atoms with E-state index in [0.717, 1.165) is 34.9 Å². The second kappa shape index (κ2) is 6.25. The van der Waals surface area contributed by atoms with Crippen LogP contribution in [0, 0.1) is 5.92 Å². The van der Waals surface area contributed by atoms with E-state index in [9.17, 15) is 4.79 Å². The van der Waals surface area contributed by atoms with Crippen LogP contribution in [0.4, 0.5) is 5.00 Å². The van der Waals surface area contributed by atoms with Crippen LogP contribution in [0.1, 0.15) is 52.3 Å². The van der Waals surface area contributed by atoms with Crippen molar-refractivity contribution < 1.29 is 4.79 Å². The van der Waals surface area contributed by atoms with E-state index < -0.39 is 6.17 Å². The van der Waals surface area contributed by atoms with Crippen molar-refractivity contribution in [1.29, 1.82) is 0 Å². The van der Waals surface area contributed by atoms with Crippen LogP contribution in [0.3, 0.4) is 0 Å². The minimum absolute atomic E-state index is 0.0304. The smallest absolute Gasteiger partial charge is 0.256 e. The maximum Gasteiger partial charge on any atom is 0.256 e. The summed E-state index contributed by atoms with van der Waals surface area (Å²) in [6.45, 7) is 2.24. The van der Waals surface area contributed by atoms with E-state index in [1.54, 1.807) is 29.5 Å². The summed E-state index contributed by atoms with van der Waals surface area (Å²) in [6, 6.07) is 5.38. The Balaban J connectivity index is 1.71. The minimum atomic E-state index is -0.395. The summed E-state index contributed by atoms with van der Waals surface area (Å²) < 4.78 is 0. The summed E-state index contributed by atoms with van der Waals surface area (Å²) in [5, 5.41) is 8.50. The second-order valence-electron chi connectivity index (χ2n) is 6.41. The molecule has 1 aliphatic carbocycles. The molecule has 0 fully saturated rings. The number of benzene rings is 1. The van der Waals surface area contributed by atoms with E-state index in [4.69, 9.17) is 23.2 Å². The second-order valence-corrected chi connectivity index (χ2v) is 8.33. The van der Waals surface area contributed by atoms with Crippen molar-refractivity contribution in [2.24, 2.45) is 5.92 Å². The van der Waals surface area contributed by atoms with Gasteiger partial charge in [0.15, 0.2) is 0 Å². The minimum Gasteiger partial charge on any atom is -0.353 e. The molecule has 0 bridgehead atoms. The predicted molar refractivity (Wildman–Crippen MR) is 100 cm³/mol. The molecule has 3 nitrogen and oxygen atoms in total. The van der Waals surface area contributed by atoms with Gasteiger partial charge in [-0.1, -0.05) is 42.6 Å². The summed E-state index contributed by atoms with van der Waals surface area (Å²) in [6.07, 6.45) is 4.04. The summed E-state index contributed by atoms with van der Waals surface area (Å²) >= 11 is 14.3. The summed E-state index contributed by atoms with van der Waals surface area (Å²) in [4.78, 5) is 14.1. The van der Waals surface area contributed by atoms with Crippen LogP contribution in [0.2, 0.25) is 10.0 Å². The Morgan fingerprint density at radius 1 is 1.25 bits per heavy atom. The van der Waals surface area contributed by atoms with Gasteiger partial charge in [0.2, 0.25) is 0 Å². The first-order valence-corrected chi connectivity index (χ1v) is 9.81. The number of rotatable bonds is 2. The Bertz CT molecular complexity index is 797. The van der Waals surface area contributed by atoms with Gasteiger partial charge in [-0.3, -0.25) is 4.79 Å². The highest BCUT2D eigenvalue weighted by atomic mass is 35.5. The highest BCUT2D eigenvalue weighted by Crippen LogP contribution is 2.44. The van der Waals surface area contributed by atoms with Gasteiger partial charge in [0.25, 0.3) is 5.91 Å². The van der Waals surface area contributed by atoms with Gasteiger partial charge in [0.1, 0.15) is 11.2 Å². The maximum absolute atomic E-state index is 12.7. The summed E-state index contributed by atoms with van der Waals surface area (Å²) in [5.41, 5.74) is 2.77. The van der Waals surface area contributed by atoms with E-state index in [-0.39, 0.29) is 5.91 Å². The molecule has 2 aliphatic rings. The number of nitrogens with one attached hydrogen (secondary N) is 2. The van der Waals surface area contributed by atoms with Crippen LogP contribution < -0.4 is 10.6 Å². The number of hydrogen-bond donors (Lipinski definition) is 2. The molecule has 2 N–H and O–H groups in total. The Morgan fingerprint density at radius 2 is 2.00 bits per heavy atom. The Hall–Kier alpha value is -1.23. The molecule has 0 saturated carbocycles. The Labute approximate surface area is 155 Å². The third-order valence-electron chi connectivity index (χ3n) is 5.01. The van der Waals surface area contributed by atoms with Crippen molar-refractivity contribution in [2.75, 3.05) is 5.32 Å². The summed E-state index contributed by atoms with van der Waals surface area (Å²) in [5.74, 6) is 0.701. The van der Waals surface area contributed by atoms with E-state index in [0.29, 0.717) is 10.0 Å². The number of amides is 1. The average Bonchev–Trinajstić information content (AvgIpc) is 2.92. The number of carbonyl (C=O) groups is 1. The van der Waals surface area contributed by atoms with Crippen molar-refractivity contribution in [1.82, 2.24) is 5.32 Å². The lowest BCUT2D eigenvalue weighted by Crippen LogP contribution is -2.38. The molecule has 0 radical (unpaired) electrons. The van der Waals surface area contributed by atoms with E-state index in [1.165, 1.54) is 23.3 Å². The largest absolute Gasteiger partial charge is 0.353 e. The molecule has 1 aromatic carbocycles. The Kier molecular flexibility index (Phi) is 4.23. The third kappa shape index (κ3) is 2.61.